The van der Waals surface area contributed by atoms with E-state index >= 15 is 0 Å². The number of likely N-dealkylation sites (N-methyl/N-ethyl adjacent to an activating group) is 1. The van der Waals surface area contributed by atoms with Crippen molar-refractivity contribution in [2.24, 2.45) is 11.8 Å². The zero-order valence-electron chi connectivity index (χ0n) is 10.3. The van der Waals surface area contributed by atoms with Crippen molar-refractivity contribution in [3.8, 4) is 0 Å². The van der Waals surface area contributed by atoms with E-state index in [1.54, 1.807) is 0 Å². The topological polar surface area (TPSA) is 29.5 Å². The number of ether oxygens (including phenoxy) is 1. The Bertz CT molecular complexity index is 196. The summed E-state index contributed by atoms with van der Waals surface area (Å²) in [5.41, 5.74) is 0. The van der Waals surface area contributed by atoms with Gasteiger partial charge >= 0.3 is 0 Å². The number of piperidine rings is 1. The van der Waals surface area contributed by atoms with Crippen LogP contribution in [0.3, 0.4) is 0 Å². The van der Waals surface area contributed by atoms with Crippen molar-refractivity contribution < 1.29 is 9.53 Å². The minimum atomic E-state index is 0.000283. The molecule has 1 saturated heterocycles. The Balaban J connectivity index is 2.61. The van der Waals surface area contributed by atoms with Gasteiger partial charge in [0.15, 0.2) is 0 Å². The third kappa shape index (κ3) is 2.94. The van der Waals surface area contributed by atoms with Crippen LogP contribution >= 0.6 is 0 Å². The Kier molecular flexibility index (Phi) is 4.58. The largest absolute Gasteiger partial charge is 0.463 e. The van der Waals surface area contributed by atoms with Gasteiger partial charge in [-0.25, -0.2) is 0 Å². The fourth-order valence-electron chi connectivity index (χ4n) is 2.99. The lowest BCUT2D eigenvalue weighted by atomic mass is 9.81. The maximum Gasteiger partial charge on any atom is 0.293 e. The zero-order valence-corrected chi connectivity index (χ0v) is 10.3. The number of rotatable bonds is 4. The first kappa shape index (κ1) is 12.5. The van der Waals surface area contributed by atoms with E-state index in [2.05, 4.69) is 25.8 Å². The molecule has 0 radical (unpaired) electrons. The summed E-state index contributed by atoms with van der Waals surface area (Å²) in [6.45, 7) is 8.18. The lowest BCUT2D eigenvalue weighted by Gasteiger charge is -2.43. The first-order valence-electron chi connectivity index (χ1n) is 5.89. The van der Waals surface area contributed by atoms with Crippen molar-refractivity contribution in [1.29, 1.82) is 0 Å². The van der Waals surface area contributed by atoms with Crippen LogP contribution in [0, 0.1) is 11.8 Å². The predicted molar refractivity (Wildman–Crippen MR) is 60.6 cm³/mol. The SMILES string of the molecule is CCC1C[C@@H](C)C(C(C)OC=O)N(C)C1. The summed E-state index contributed by atoms with van der Waals surface area (Å²) in [5, 5.41) is 0. The molecule has 3 unspecified atom stereocenters. The molecule has 3 nitrogen and oxygen atoms in total. The second-order valence-corrected chi connectivity index (χ2v) is 4.85. The summed E-state index contributed by atoms with van der Waals surface area (Å²) in [6.07, 6.45) is 2.49. The Morgan fingerprint density at radius 2 is 2.27 bits per heavy atom. The molecular formula is C12H23NO2. The summed E-state index contributed by atoms with van der Waals surface area (Å²) in [7, 11) is 2.13. The summed E-state index contributed by atoms with van der Waals surface area (Å²) in [4.78, 5) is 12.7. The number of carbonyl (C=O) groups excluding carboxylic acids is 1. The molecule has 0 N–H and O–H groups in total. The minimum absolute atomic E-state index is 0.000283. The molecule has 0 spiro atoms. The number of likely N-dealkylation sites (tertiary alicyclic amines) is 1. The van der Waals surface area contributed by atoms with E-state index in [-0.39, 0.29) is 6.10 Å². The van der Waals surface area contributed by atoms with Crippen LogP contribution in [-0.4, -0.2) is 37.1 Å². The molecule has 0 aromatic carbocycles. The zero-order chi connectivity index (χ0) is 11.4. The highest BCUT2D eigenvalue weighted by molar-refractivity contribution is 5.37. The number of nitrogens with zero attached hydrogens (tertiary/aromatic N) is 1. The highest BCUT2D eigenvalue weighted by atomic mass is 16.5. The molecule has 1 heterocycles. The summed E-state index contributed by atoms with van der Waals surface area (Å²) in [5.74, 6) is 1.40. The first-order valence-corrected chi connectivity index (χ1v) is 5.89. The van der Waals surface area contributed by atoms with E-state index in [9.17, 15) is 4.79 Å². The second kappa shape index (κ2) is 5.50. The highest BCUT2D eigenvalue weighted by Gasteiger charge is 2.35. The molecule has 4 atom stereocenters. The second-order valence-electron chi connectivity index (χ2n) is 4.85. The number of carbonyl (C=O) groups is 1. The van der Waals surface area contributed by atoms with Gasteiger partial charge < -0.3 is 4.74 Å². The third-order valence-electron chi connectivity index (χ3n) is 3.67. The van der Waals surface area contributed by atoms with Crippen LogP contribution in [0.5, 0.6) is 0 Å². The monoisotopic (exact) mass is 213 g/mol. The van der Waals surface area contributed by atoms with Gasteiger partial charge in [0.1, 0.15) is 6.10 Å². The van der Waals surface area contributed by atoms with Gasteiger partial charge in [0.25, 0.3) is 6.47 Å². The lowest BCUT2D eigenvalue weighted by Crippen LogP contribution is -2.51. The molecule has 1 rings (SSSR count). The number of hydrogen-bond donors (Lipinski definition) is 0. The molecule has 3 heteroatoms. The fourth-order valence-corrected chi connectivity index (χ4v) is 2.99. The van der Waals surface area contributed by atoms with Crippen LogP contribution in [0.2, 0.25) is 0 Å². The summed E-state index contributed by atoms with van der Waals surface area (Å²) in [6, 6.07) is 0.373. The molecule has 0 bridgehead atoms. The van der Waals surface area contributed by atoms with Crippen LogP contribution in [0.4, 0.5) is 0 Å². The van der Waals surface area contributed by atoms with Crippen molar-refractivity contribution >= 4 is 6.47 Å². The van der Waals surface area contributed by atoms with Gasteiger partial charge in [0.2, 0.25) is 0 Å². The fraction of sp³-hybridized carbons (Fsp3) is 0.917. The van der Waals surface area contributed by atoms with Crippen molar-refractivity contribution in [2.45, 2.75) is 45.8 Å². The summed E-state index contributed by atoms with van der Waals surface area (Å²) < 4.78 is 5.07. The first-order chi connectivity index (χ1) is 7.10. The molecule has 88 valence electrons. The van der Waals surface area contributed by atoms with Gasteiger partial charge in [-0.3, -0.25) is 9.69 Å². The Morgan fingerprint density at radius 1 is 1.60 bits per heavy atom. The predicted octanol–water partition coefficient (Wildman–Crippen LogP) is 1.91. The lowest BCUT2D eigenvalue weighted by molar-refractivity contribution is -0.138. The van der Waals surface area contributed by atoms with Crippen LogP contribution < -0.4 is 0 Å². The van der Waals surface area contributed by atoms with Gasteiger partial charge in [0, 0.05) is 12.6 Å². The molecule has 0 aromatic heterocycles. The molecule has 1 aliphatic heterocycles. The maximum absolute atomic E-state index is 10.4. The van der Waals surface area contributed by atoms with E-state index in [1.165, 1.54) is 12.8 Å². The van der Waals surface area contributed by atoms with Crippen molar-refractivity contribution in [3.05, 3.63) is 0 Å². The Labute approximate surface area is 92.8 Å². The van der Waals surface area contributed by atoms with Gasteiger partial charge in [-0.15, -0.1) is 0 Å². The quantitative estimate of drug-likeness (QED) is 0.668. The van der Waals surface area contributed by atoms with Crippen molar-refractivity contribution in [2.75, 3.05) is 13.6 Å². The van der Waals surface area contributed by atoms with Gasteiger partial charge in [-0.05, 0) is 32.2 Å². The summed E-state index contributed by atoms with van der Waals surface area (Å²) >= 11 is 0. The van der Waals surface area contributed by atoms with E-state index in [1.807, 2.05) is 6.92 Å². The molecule has 0 amide bonds. The number of hydrogen-bond acceptors (Lipinski definition) is 3. The van der Waals surface area contributed by atoms with Crippen LogP contribution in [0.25, 0.3) is 0 Å². The standard InChI is InChI=1S/C12H23NO2/c1-5-11-6-9(2)12(13(4)7-11)10(3)15-8-14/h8-12H,5-7H2,1-4H3/t9-,10?,11?,12?/m1/s1. The van der Waals surface area contributed by atoms with Crippen LogP contribution in [0.1, 0.15) is 33.6 Å². The Hall–Kier alpha value is -0.570. The van der Waals surface area contributed by atoms with E-state index < -0.39 is 0 Å². The van der Waals surface area contributed by atoms with Crippen LogP contribution in [-0.2, 0) is 9.53 Å². The van der Waals surface area contributed by atoms with Crippen LogP contribution in [0.15, 0.2) is 0 Å². The molecule has 0 aromatic rings. The van der Waals surface area contributed by atoms with E-state index in [4.69, 9.17) is 4.74 Å². The van der Waals surface area contributed by atoms with E-state index in [0.29, 0.717) is 18.4 Å². The molecule has 0 aliphatic carbocycles. The Morgan fingerprint density at radius 3 is 2.73 bits per heavy atom. The molecular weight excluding hydrogens is 190 g/mol. The van der Waals surface area contributed by atoms with Gasteiger partial charge in [0.05, 0.1) is 0 Å². The average Bonchev–Trinajstić information content (AvgIpc) is 2.16. The third-order valence-corrected chi connectivity index (χ3v) is 3.67. The van der Waals surface area contributed by atoms with Crippen molar-refractivity contribution in [3.63, 3.8) is 0 Å². The van der Waals surface area contributed by atoms with E-state index in [0.717, 1.165) is 12.5 Å². The van der Waals surface area contributed by atoms with Crippen molar-refractivity contribution in [1.82, 2.24) is 4.90 Å². The maximum atomic E-state index is 10.4. The molecule has 0 saturated carbocycles. The normalized spacial score (nSPS) is 34.8. The van der Waals surface area contributed by atoms with Gasteiger partial charge in [-0.1, -0.05) is 20.3 Å². The molecule has 1 aliphatic rings. The molecule has 15 heavy (non-hydrogen) atoms. The molecule has 1 fully saturated rings. The minimum Gasteiger partial charge on any atom is -0.463 e. The smallest absolute Gasteiger partial charge is 0.293 e. The average molecular weight is 213 g/mol. The van der Waals surface area contributed by atoms with Gasteiger partial charge in [-0.2, -0.15) is 0 Å². The highest BCUT2D eigenvalue weighted by Crippen LogP contribution is 2.30.